The van der Waals surface area contributed by atoms with Crippen LogP contribution in [-0.2, 0) is 4.79 Å². The molecular weight excluding hydrogens is 176 g/mol. The normalized spacial score (nSPS) is 48.4. The molecule has 0 aromatic heterocycles. The second-order valence-corrected chi connectivity index (χ2v) is 5.16. The maximum atomic E-state index is 10.7. The van der Waals surface area contributed by atoms with Gasteiger partial charge in [-0.05, 0) is 48.9 Å². The molecule has 1 N–H and O–H groups in total. The van der Waals surface area contributed by atoms with Gasteiger partial charge < -0.3 is 5.11 Å². The minimum absolute atomic E-state index is 0.401. The van der Waals surface area contributed by atoms with E-state index < -0.39 is 5.97 Å². The SMILES string of the molecule is O=C(O)C[C@H]1C[C@@H]2C[C@@H]1[C@@H]1C=CC[C@H]21. The van der Waals surface area contributed by atoms with E-state index in [-0.39, 0.29) is 0 Å². The summed E-state index contributed by atoms with van der Waals surface area (Å²) in [7, 11) is 0. The van der Waals surface area contributed by atoms with E-state index in [1.54, 1.807) is 0 Å². The lowest BCUT2D eigenvalue weighted by atomic mass is 9.74. The second-order valence-electron chi connectivity index (χ2n) is 5.16. The lowest BCUT2D eigenvalue weighted by Gasteiger charge is -2.30. The van der Waals surface area contributed by atoms with Crippen molar-refractivity contribution in [2.75, 3.05) is 0 Å². The summed E-state index contributed by atoms with van der Waals surface area (Å²) in [5, 5.41) is 8.82. The number of hydrogen-bond acceptors (Lipinski definition) is 1. The Morgan fingerprint density at radius 3 is 3.00 bits per heavy atom. The van der Waals surface area contributed by atoms with Crippen molar-refractivity contribution in [2.24, 2.45) is 29.6 Å². The Bertz CT molecular complexity index is 295. The van der Waals surface area contributed by atoms with Crippen molar-refractivity contribution in [1.82, 2.24) is 0 Å². The average molecular weight is 192 g/mol. The Labute approximate surface area is 84.0 Å². The molecule has 0 aromatic carbocycles. The van der Waals surface area contributed by atoms with Crippen molar-refractivity contribution in [3.63, 3.8) is 0 Å². The van der Waals surface area contributed by atoms with Crippen molar-refractivity contribution in [3.05, 3.63) is 12.2 Å². The van der Waals surface area contributed by atoms with Crippen LogP contribution in [0.15, 0.2) is 12.2 Å². The largest absolute Gasteiger partial charge is 0.481 e. The molecule has 5 atom stereocenters. The van der Waals surface area contributed by atoms with Gasteiger partial charge in [0.2, 0.25) is 0 Å². The summed E-state index contributed by atoms with van der Waals surface area (Å²) in [5.41, 5.74) is 0. The van der Waals surface area contributed by atoms with Gasteiger partial charge in [0, 0.05) is 6.42 Å². The fourth-order valence-corrected chi connectivity index (χ4v) is 4.14. The van der Waals surface area contributed by atoms with Crippen LogP contribution >= 0.6 is 0 Å². The molecule has 14 heavy (non-hydrogen) atoms. The lowest BCUT2D eigenvalue weighted by Crippen LogP contribution is -2.25. The molecule has 0 amide bonds. The monoisotopic (exact) mass is 192 g/mol. The molecule has 2 fully saturated rings. The van der Waals surface area contributed by atoms with E-state index in [1.165, 1.54) is 19.3 Å². The fraction of sp³-hybridized carbons (Fsp3) is 0.750. The predicted molar refractivity (Wildman–Crippen MR) is 52.7 cm³/mol. The van der Waals surface area contributed by atoms with E-state index in [1.807, 2.05) is 0 Å². The fourth-order valence-electron chi connectivity index (χ4n) is 4.14. The minimum Gasteiger partial charge on any atom is -0.481 e. The van der Waals surface area contributed by atoms with Crippen LogP contribution in [0.5, 0.6) is 0 Å². The quantitative estimate of drug-likeness (QED) is 0.682. The van der Waals surface area contributed by atoms with Crippen molar-refractivity contribution >= 4 is 5.97 Å². The summed E-state index contributed by atoms with van der Waals surface area (Å²) in [6, 6.07) is 0. The van der Waals surface area contributed by atoms with Crippen LogP contribution in [0.3, 0.4) is 0 Å². The number of rotatable bonds is 2. The summed E-state index contributed by atoms with van der Waals surface area (Å²) in [4.78, 5) is 10.7. The third-order valence-corrected chi connectivity index (χ3v) is 4.58. The van der Waals surface area contributed by atoms with Gasteiger partial charge in [0.25, 0.3) is 0 Å². The Kier molecular flexibility index (Phi) is 1.73. The summed E-state index contributed by atoms with van der Waals surface area (Å²) >= 11 is 0. The van der Waals surface area contributed by atoms with Crippen molar-refractivity contribution < 1.29 is 9.90 Å². The van der Waals surface area contributed by atoms with Crippen LogP contribution in [-0.4, -0.2) is 11.1 Å². The first-order chi connectivity index (χ1) is 6.75. The molecular formula is C12H16O2. The summed E-state index contributed by atoms with van der Waals surface area (Å²) in [6.45, 7) is 0. The van der Waals surface area contributed by atoms with Gasteiger partial charge in [0.05, 0.1) is 0 Å². The van der Waals surface area contributed by atoms with Gasteiger partial charge in [-0.25, -0.2) is 0 Å². The maximum absolute atomic E-state index is 10.7. The van der Waals surface area contributed by atoms with Crippen LogP contribution in [0, 0.1) is 29.6 Å². The van der Waals surface area contributed by atoms with Gasteiger partial charge in [-0.2, -0.15) is 0 Å². The Balaban J connectivity index is 1.76. The maximum Gasteiger partial charge on any atom is 0.303 e. The van der Waals surface area contributed by atoms with Crippen LogP contribution < -0.4 is 0 Å². The molecule has 0 saturated heterocycles. The van der Waals surface area contributed by atoms with E-state index in [0.29, 0.717) is 18.3 Å². The highest BCUT2D eigenvalue weighted by atomic mass is 16.4. The van der Waals surface area contributed by atoms with Crippen molar-refractivity contribution in [2.45, 2.75) is 25.7 Å². The minimum atomic E-state index is -0.610. The van der Waals surface area contributed by atoms with E-state index in [2.05, 4.69) is 12.2 Å². The first-order valence-corrected chi connectivity index (χ1v) is 5.64. The third kappa shape index (κ3) is 1.06. The highest BCUT2D eigenvalue weighted by Crippen LogP contribution is 2.59. The number of allylic oxidation sites excluding steroid dienone is 2. The summed E-state index contributed by atoms with van der Waals surface area (Å²) < 4.78 is 0. The van der Waals surface area contributed by atoms with Gasteiger partial charge in [0.15, 0.2) is 0 Å². The second kappa shape index (κ2) is 2.85. The molecule has 76 valence electrons. The molecule has 0 heterocycles. The molecule has 0 aromatic rings. The predicted octanol–water partition coefficient (Wildman–Crippen LogP) is 2.31. The number of aliphatic carboxylic acids is 1. The van der Waals surface area contributed by atoms with Crippen molar-refractivity contribution in [3.8, 4) is 0 Å². The van der Waals surface area contributed by atoms with Crippen LogP contribution in [0.2, 0.25) is 0 Å². The Hall–Kier alpha value is -0.790. The zero-order valence-corrected chi connectivity index (χ0v) is 8.23. The number of fused-ring (bicyclic) bond motifs is 5. The topological polar surface area (TPSA) is 37.3 Å². The van der Waals surface area contributed by atoms with E-state index in [9.17, 15) is 4.79 Å². The molecule has 3 aliphatic carbocycles. The molecule has 2 nitrogen and oxygen atoms in total. The standard InChI is InChI=1S/C12H16O2/c13-12(14)6-8-4-7-5-11(8)10-3-1-2-9(7)10/h1,3,7-11H,2,4-6H2,(H,13,14)/t7-,8-,9-,10-,11+/m1/s1. The van der Waals surface area contributed by atoms with Crippen molar-refractivity contribution in [1.29, 1.82) is 0 Å². The van der Waals surface area contributed by atoms with Crippen LogP contribution in [0.1, 0.15) is 25.7 Å². The third-order valence-electron chi connectivity index (χ3n) is 4.58. The number of carboxylic acids is 1. The zero-order valence-electron chi connectivity index (χ0n) is 8.23. The van der Waals surface area contributed by atoms with Crippen LogP contribution in [0.4, 0.5) is 0 Å². The molecule has 2 saturated carbocycles. The Morgan fingerprint density at radius 2 is 2.21 bits per heavy atom. The van der Waals surface area contributed by atoms with Crippen LogP contribution in [0.25, 0.3) is 0 Å². The molecule has 2 heteroatoms. The first kappa shape index (κ1) is 8.51. The number of carbonyl (C=O) groups is 1. The molecule has 3 rings (SSSR count). The molecule has 0 spiro atoms. The zero-order chi connectivity index (χ0) is 9.71. The molecule has 0 unspecified atom stereocenters. The molecule has 0 radical (unpaired) electrons. The lowest BCUT2D eigenvalue weighted by molar-refractivity contribution is -0.138. The van der Waals surface area contributed by atoms with Gasteiger partial charge >= 0.3 is 5.97 Å². The number of carboxylic acid groups (broad SMARTS) is 1. The van der Waals surface area contributed by atoms with Gasteiger partial charge in [-0.1, -0.05) is 12.2 Å². The first-order valence-electron chi connectivity index (χ1n) is 5.64. The number of hydrogen-bond donors (Lipinski definition) is 1. The molecule has 0 aliphatic heterocycles. The van der Waals surface area contributed by atoms with E-state index >= 15 is 0 Å². The van der Waals surface area contributed by atoms with E-state index in [4.69, 9.17) is 5.11 Å². The Morgan fingerprint density at radius 1 is 1.36 bits per heavy atom. The highest BCUT2D eigenvalue weighted by Gasteiger charge is 2.52. The summed E-state index contributed by atoms with van der Waals surface area (Å²) in [6.07, 6.45) is 8.79. The smallest absolute Gasteiger partial charge is 0.303 e. The molecule has 2 bridgehead atoms. The highest BCUT2D eigenvalue weighted by molar-refractivity contribution is 5.67. The molecule has 3 aliphatic rings. The van der Waals surface area contributed by atoms with E-state index in [0.717, 1.165) is 17.8 Å². The van der Waals surface area contributed by atoms with Gasteiger partial charge in [-0.3, -0.25) is 4.79 Å². The summed E-state index contributed by atoms with van der Waals surface area (Å²) in [5.74, 6) is 3.01. The van der Waals surface area contributed by atoms with Gasteiger partial charge in [-0.15, -0.1) is 0 Å². The van der Waals surface area contributed by atoms with Gasteiger partial charge in [0.1, 0.15) is 0 Å². The average Bonchev–Trinajstić information content (AvgIpc) is 2.68.